The average Bonchev–Trinajstić information content (AvgIpc) is 2.56. The number of halogens is 1. The van der Waals surface area contributed by atoms with Crippen LogP contribution in [0.5, 0.6) is 5.75 Å². The van der Waals surface area contributed by atoms with E-state index in [9.17, 15) is 9.59 Å². The summed E-state index contributed by atoms with van der Waals surface area (Å²) in [6.45, 7) is 2.95. The summed E-state index contributed by atoms with van der Waals surface area (Å²) in [6.07, 6.45) is 0.365. The van der Waals surface area contributed by atoms with Gasteiger partial charge in [-0.05, 0) is 62.2 Å². The zero-order valence-electron chi connectivity index (χ0n) is 14.0. The van der Waals surface area contributed by atoms with E-state index in [0.29, 0.717) is 22.8 Å². The number of ketones is 1. The number of carbonyl (C=O) groups is 2. The van der Waals surface area contributed by atoms with E-state index in [1.165, 1.54) is 13.8 Å². The van der Waals surface area contributed by atoms with Crippen molar-refractivity contribution < 1.29 is 19.4 Å². The Bertz CT molecular complexity index is 754. The van der Waals surface area contributed by atoms with Crippen molar-refractivity contribution in [1.29, 1.82) is 0 Å². The predicted molar refractivity (Wildman–Crippen MR) is 96.2 cm³/mol. The lowest BCUT2D eigenvalue weighted by molar-refractivity contribution is -0.152. The molecule has 2 aromatic carbocycles. The number of carbonyl (C=O) groups excluding carboxylic acids is 1. The average molecular weight is 362 g/mol. The van der Waals surface area contributed by atoms with Crippen LogP contribution in [0.15, 0.2) is 48.5 Å². The second-order valence-corrected chi connectivity index (χ2v) is 6.68. The molecule has 25 heavy (non-hydrogen) atoms. The minimum absolute atomic E-state index is 0.163. The first-order valence-corrected chi connectivity index (χ1v) is 8.13. The summed E-state index contributed by atoms with van der Waals surface area (Å²) in [5.41, 5.74) is 6.06. The van der Waals surface area contributed by atoms with Gasteiger partial charge in [0.05, 0.1) is 6.04 Å². The molecule has 5 nitrogen and oxygen atoms in total. The van der Waals surface area contributed by atoms with E-state index in [2.05, 4.69) is 0 Å². The second-order valence-electron chi connectivity index (χ2n) is 6.24. The van der Waals surface area contributed by atoms with E-state index in [0.717, 1.165) is 5.56 Å². The number of benzene rings is 2. The maximum atomic E-state index is 12.3. The number of hydrogen-bond donors (Lipinski definition) is 2. The zero-order valence-corrected chi connectivity index (χ0v) is 14.8. The fraction of sp³-hybridized carbons (Fsp3) is 0.263. The van der Waals surface area contributed by atoms with Gasteiger partial charge in [-0.1, -0.05) is 23.7 Å². The van der Waals surface area contributed by atoms with Crippen LogP contribution in [0.3, 0.4) is 0 Å². The Kier molecular flexibility index (Phi) is 5.82. The molecule has 1 atom stereocenters. The number of nitrogens with two attached hydrogens (primary N) is 1. The van der Waals surface area contributed by atoms with Crippen LogP contribution < -0.4 is 10.5 Å². The Hall–Kier alpha value is -2.37. The van der Waals surface area contributed by atoms with Crippen LogP contribution in [0.25, 0.3) is 0 Å². The van der Waals surface area contributed by atoms with Crippen molar-refractivity contribution in [3.63, 3.8) is 0 Å². The van der Waals surface area contributed by atoms with Gasteiger partial charge in [0.1, 0.15) is 5.75 Å². The molecule has 0 radical (unpaired) electrons. The van der Waals surface area contributed by atoms with Crippen molar-refractivity contribution in [3.05, 3.63) is 64.7 Å². The largest absolute Gasteiger partial charge is 0.478 e. The molecule has 0 amide bonds. The van der Waals surface area contributed by atoms with Gasteiger partial charge in [-0.3, -0.25) is 4.79 Å². The van der Waals surface area contributed by atoms with E-state index in [-0.39, 0.29) is 5.78 Å². The van der Waals surface area contributed by atoms with E-state index in [4.69, 9.17) is 27.2 Å². The van der Waals surface area contributed by atoms with Crippen LogP contribution in [0.4, 0.5) is 0 Å². The molecule has 0 aliphatic carbocycles. The molecule has 0 aliphatic rings. The third-order valence-corrected chi connectivity index (χ3v) is 3.98. The van der Waals surface area contributed by atoms with Crippen molar-refractivity contribution in [3.8, 4) is 5.75 Å². The topological polar surface area (TPSA) is 89.6 Å². The van der Waals surface area contributed by atoms with E-state index in [1.807, 2.05) is 0 Å². The summed E-state index contributed by atoms with van der Waals surface area (Å²) in [6, 6.07) is 12.8. The highest BCUT2D eigenvalue weighted by Crippen LogP contribution is 2.20. The van der Waals surface area contributed by atoms with E-state index < -0.39 is 17.6 Å². The monoisotopic (exact) mass is 361 g/mol. The van der Waals surface area contributed by atoms with Crippen molar-refractivity contribution in [2.75, 3.05) is 0 Å². The summed E-state index contributed by atoms with van der Waals surface area (Å²) in [5.74, 6) is -0.773. The number of carboxylic acids is 1. The summed E-state index contributed by atoms with van der Waals surface area (Å²) in [5, 5.41) is 9.64. The van der Waals surface area contributed by atoms with E-state index in [1.54, 1.807) is 48.5 Å². The molecule has 0 aliphatic heterocycles. The minimum atomic E-state index is -1.32. The Morgan fingerprint density at radius 1 is 1.12 bits per heavy atom. The highest BCUT2D eigenvalue weighted by Gasteiger charge is 2.29. The first kappa shape index (κ1) is 19.0. The smallest absolute Gasteiger partial charge is 0.347 e. The summed E-state index contributed by atoms with van der Waals surface area (Å²) >= 11 is 5.81. The Morgan fingerprint density at radius 3 is 2.20 bits per heavy atom. The van der Waals surface area contributed by atoms with Gasteiger partial charge in [-0.15, -0.1) is 0 Å². The molecule has 0 bridgehead atoms. The van der Waals surface area contributed by atoms with Gasteiger partial charge in [0, 0.05) is 10.6 Å². The lowest BCUT2D eigenvalue weighted by Crippen LogP contribution is -2.37. The van der Waals surface area contributed by atoms with Crippen LogP contribution in [-0.2, 0) is 11.2 Å². The lowest BCUT2D eigenvalue weighted by atomic mass is 9.98. The number of hydrogen-bond acceptors (Lipinski definition) is 4. The molecule has 1 unspecified atom stereocenters. The Labute approximate surface area is 151 Å². The maximum absolute atomic E-state index is 12.3. The van der Waals surface area contributed by atoms with Crippen LogP contribution in [-0.4, -0.2) is 28.5 Å². The fourth-order valence-corrected chi connectivity index (χ4v) is 2.33. The molecule has 2 rings (SSSR count). The molecule has 6 heteroatoms. The molecule has 0 heterocycles. The van der Waals surface area contributed by atoms with Gasteiger partial charge in [-0.2, -0.15) is 0 Å². The van der Waals surface area contributed by atoms with Crippen LogP contribution in [0.2, 0.25) is 5.02 Å². The summed E-state index contributed by atoms with van der Waals surface area (Å²) in [4.78, 5) is 23.4. The van der Waals surface area contributed by atoms with Crippen molar-refractivity contribution in [2.24, 2.45) is 5.73 Å². The third-order valence-electron chi connectivity index (χ3n) is 3.73. The normalized spacial score (nSPS) is 12.5. The third kappa shape index (κ3) is 5.05. The number of carboxylic acid groups (broad SMARTS) is 1. The predicted octanol–water partition coefficient (Wildman–Crippen LogP) is 3.33. The van der Waals surface area contributed by atoms with Gasteiger partial charge >= 0.3 is 5.97 Å². The first-order valence-electron chi connectivity index (χ1n) is 7.76. The second kappa shape index (κ2) is 7.68. The number of ether oxygens (including phenoxy) is 1. The lowest BCUT2D eigenvalue weighted by Gasteiger charge is -2.21. The molecule has 0 fully saturated rings. The zero-order chi connectivity index (χ0) is 18.6. The minimum Gasteiger partial charge on any atom is -0.478 e. The van der Waals surface area contributed by atoms with Crippen molar-refractivity contribution in [2.45, 2.75) is 31.9 Å². The highest BCUT2D eigenvalue weighted by atomic mass is 35.5. The number of rotatable bonds is 7. The quantitative estimate of drug-likeness (QED) is 0.738. The molecule has 0 aromatic heterocycles. The van der Waals surface area contributed by atoms with E-state index >= 15 is 0 Å². The van der Waals surface area contributed by atoms with Crippen LogP contribution >= 0.6 is 11.6 Å². The summed E-state index contributed by atoms with van der Waals surface area (Å²) < 4.78 is 5.44. The Morgan fingerprint density at radius 2 is 1.68 bits per heavy atom. The fourth-order valence-electron chi connectivity index (χ4n) is 2.21. The van der Waals surface area contributed by atoms with Crippen LogP contribution in [0.1, 0.15) is 29.8 Å². The molecule has 0 spiro atoms. The number of aliphatic carboxylic acids is 1. The van der Waals surface area contributed by atoms with Gasteiger partial charge in [-0.25, -0.2) is 4.79 Å². The van der Waals surface area contributed by atoms with Gasteiger partial charge in [0.15, 0.2) is 11.4 Å². The molecule has 3 N–H and O–H groups in total. The van der Waals surface area contributed by atoms with Crippen molar-refractivity contribution >= 4 is 23.4 Å². The standard InChI is InChI=1S/C19H20ClNO4/c1-19(2,18(23)24)25-15-9-3-12(4-10-15)11-16(21)17(22)13-5-7-14(20)8-6-13/h3-10,16H,11,21H2,1-2H3,(H,23,24). The molecular formula is C19H20ClNO4. The molecular weight excluding hydrogens is 342 g/mol. The highest BCUT2D eigenvalue weighted by molar-refractivity contribution is 6.30. The van der Waals surface area contributed by atoms with Gasteiger partial charge in [0.25, 0.3) is 0 Å². The van der Waals surface area contributed by atoms with Gasteiger partial charge < -0.3 is 15.6 Å². The van der Waals surface area contributed by atoms with Gasteiger partial charge in [0.2, 0.25) is 0 Å². The maximum Gasteiger partial charge on any atom is 0.347 e. The molecule has 0 saturated carbocycles. The Balaban J connectivity index is 2.02. The molecule has 0 saturated heterocycles. The van der Waals surface area contributed by atoms with Crippen molar-refractivity contribution in [1.82, 2.24) is 0 Å². The molecule has 2 aromatic rings. The summed E-state index contributed by atoms with van der Waals surface area (Å²) in [7, 11) is 0. The molecule has 132 valence electrons. The SMILES string of the molecule is CC(C)(Oc1ccc(CC(N)C(=O)c2ccc(Cl)cc2)cc1)C(=O)O. The number of Topliss-reactive ketones (excluding diaryl/α,β-unsaturated/α-hetero) is 1. The first-order chi connectivity index (χ1) is 11.7. The van der Waals surface area contributed by atoms with Crippen LogP contribution in [0, 0.1) is 0 Å².